The molecule has 1 fully saturated rings. The number of H-pyrrole nitrogens is 1. The molecule has 1 aromatic carbocycles. The molecule has 0 aliphatic heterocycles. The fourth-order valence-corrected chi connectivity index (χ4v) is 2.62. The Balaban J connectivity index is 1.48. The summed E-state index contributed by atoms with van der Waals surface area (Å²) >= 11 is 0. The van der Waals surface area contributed by atoms with Crippen molar-refractivity contribution in [1.29, 1.82) is 0 Å². The second-order valence-corrected chi connectivity index (χ2v) is 5.20. The summed E-state index contributed by atoms with van der Waals surface area (Å²) < 4.78 is 0. The van der Waals surface area contributed by atoms with Crippen molar-refractivity contribution in [1.82, 2.24) is 15.3 Å². The van der Waals surface area contributed by atoms with Crippen LogP contribution in [0, 0.1) is 6.92 Å². The molecule has 2 N–H and O–H groups in total. The number of nitrogens with one attached hydrogen (secondary N) is 2. The van der Waals surface area contributed by atoms with Crippen LogP contribution in [0.15, 0.2) is 36.7 Å². The van der Waals surface area contributed by atoms with Gasteiger partial charge in [0.05, 0.1) is 6.54 Å². The van der Waals surface area contributed by atoms with Gasteiger partial charge in [-0.1, -0.05) is 29.8 Å². The first-order valence-corrected chi connectivity index (χ1v) is 6.59. The monoisotopic (exact) mass is 241 g/mol. The van der Waals surface area contributed by atoms with Crippen LogP contribution in [0.25, 0.3) is 0 Å². The molecule has 18 heavy (non-hydrogen) atoms. The zero-order valence-electron chi connectivity index (χ0n) is 10.7. The molecule has 2 aromatic rings. The Bertz CT molecular complexity index is 498. The Labute approximate surface area is 108 Å². The normalized spacial score (nSPS) is 22.7. The van der Waals surface area contributed by atoms with E-state index in [0.29, 0.717) is 6.04 Å². The molecule has 0 unspecified atom stereocenters. The van der Waals surface area contributed by atoms with E-state index < -0.39 is 0 Å². The summed E-state index contributed by atoms with van der Waals surface area (Å²) in [5.74, 6) is 1.76. The highest BCUT2D eigenvalue weighted by Crippen LogP contribution is 2.37. The molecule has 0 atom stereocenters. The lowest BCUT2D eigenvalue weighted by atomic mass is 9.75. The smallest absolute Gasteiger partial charge is 0.120 e. The van der Waals surface area contributed by atoms with Gasteiger partial charge in [-0.15, -0.1) is 0 Å². The number of hydrogen-bond donors (Lipinski definition) is 2. The topological polar surface area (TPSA) is 40.7 Å². The van der Waals surface area contributed by atoms with Gasteiger partial charge in [0.1, 0.15) is 5.82 Å². The number of hydrogen-bond acceptors (Lipinski definition) is 2. The molecule has 1 aliphatic rings. The van der Waals surface area contributed by atoms with E-state index in [-0.39, 0.29) is 0 Å². The number of aromatic nitrogens is 2. The minimum atomic E-state index is 0.639. The highest BCUT2D eigenvalue weighted by Gasteiger charge is 2.29. The number of imidazole rings is 1. The summed E-state index contributed by atoms with van der Waals surface area (Å²) in [6.07, 6.45) is 6.15. The Morgan fingerprint density at radius 2 is 2.28 bits per heavy atom. The fraction of sp³-hybridized carbons (Fsp3) is 0.400. The van der Waals surface area contributed by atoms with Crippen LogP contribution >= 0.6 is 0 Å². The molecule has 3 rings (SSSR count). The van der Waals surface area contributed by atoms with Crippen molar-refractivity contribution in [3.8, 4) is 0 Å². The van der Waals surface area contributed by atoms with Crippen molar-refractivity contribution < 1.29 is 0 Å². The second-order valence-electron chi connectivity index (χ2n) is 5.20. The third-order valence-corrected chi connectivity index (χ3v) is 3.76. The first kappa shape index (κ1) is 11.5. The Morgan fingerprint density at radius 3 is 3.00 bits per heavy atom. The minimum Gasteiger partial charge on any atom is -0.348 e. The lowest BCUT2D eigenvalue weighted by Gasteiger charge is -2.36. The van der Waals surface area contributed by atoms with E-state index in [0.717, 1.165) is 18.3 Å². The zero-order valence-corrected chi connectivity index (χ0v) is 10.7. The fourth-order valence-electron chi connectivity index (χ4n) is 2.62. The maximum Gasteiger partial charge on any atom is 0.120 e. The maximum absolute atomic E-state index is 4.22. The SMILES string of the molecule is Cc1cccc(C2CC(NCc3ncc[nH]3)C2)c1. The van der Waals surface area contributed by atoms with Gasteiger partial charge in [-0.25, -0.2) is 4.98 Å². The summed E-state index contributed by atoms with van der Waals surface area (Å²) in [6, 6.07) is 9.53. The van der Waals surface area contributed by atoms with E-state index in [1.807, 2.05) is 6.20 Å². The quantitative estimate of drug-likeness (QED) is 0.864. The van der Waals surface area contributed by atoms with Gasteiger partial charge in [-0.05, 0) is 31.2 Å². The highest BCUT2D eigenvalue weighted by molar-refractivity contribution is 5.27. The minimum absolute atomic E-state index is 0.639. The standard InChI is InChI=1S/C15H19N3/c1-11-3-2-4-12(7-11)13-8-14(9-13)18-10-15-16-5-6-17-15/h2-7,13-14,18H,8-10H2,1H3,(H,16,17). The van der Waals surface area contributed by atoms with Crippen LogP contribution in [-0.4, -0.2) is 16.0 Å². The van der Waals surface area contributed by atoms with Gasteiger partial charge in [0.2, 0.25) is 0 Å². The number of aromatic amines is 1. The summed E-state index contributed by atoms with van der Waals surface area (Å²) in [5.41, 5.74) is 2.85. The third kappa shape index (κ3) is 2.46. The number of aryl methyl sites for hydroxylation is 1. The van der Waals surface area contributed by atoms with Crippen LogP contribution in [0.4, 0.5) is 0 Å². The van der Waals surface area contributed by atoms with E-state index in [2.05, 4.69) is 46.5 Å². The molecule has 0 amide bonds. The Morgan fingerprint density at radius 1 is 1.39 bits per heavy atom. The maximum atomic E-state index is 4.22. The Hall–Kier alpha value is -1.61. The van der Waals surface area contributed by atoms with Crippen molar-refractivity contribution in [2.75, 3.05) is 0 Å². The predicted octanol–water partition coefficient (Wildman–Crippen LogP) is 2.75. The molecular weight excluding hydrogens is 222 g/mol. The average molecular weight is 241 g/mol. The largest absolute Gasteiger partial charge is 0.348 e. The highest BCUT2D eigenvalue weighted by atomic mass is 15.0. The van der Waals surface area contributed by atoms with Crippen LogP contribution in [0.1, 0.15) is 35.7 Å². The first-order valence-electron chi connectivity index (χ1n) is 6.59. The molecule has 0 radical (unpaired) electrons. The van der Waals surface area contributed by atoms with Gasteiger partial charge in [-0.3, -0.25) is 0 Å². The van der Waals surface area contributed by atoms with E-state index in [1.54, 1.807) is 6.20 Å². The predicted molar refractivity (Wildman–Crippen MR) is 72.4 cm³/mol. The Kier molecular flexibility index (Phi) is 3.15. The molecule has 0 saturated heterocycles. The van der Waals surface area contributed by atoms with Gasteiger partial charge in [-0.2, -0.15) is 0 Å². The van der Waals surface area contributed by atoms with Gasteiger partial charge in [0.15, 0.2) is 0 Å². The van der Waals surface area contributed by atoms with E-state index in [1.165, 1.54) is 24.0 Å². The summed E-state index contributed by atoms with van der Waals surface area (Å²) in [7, 11) is 0. The van der Waals surface area contributed by atoms with Crippen molar-refractivity contribution in [3.05, 3.63) is 53.6 Å². The number of nitrogens with zero attached hydrogens (tertiary/aromatic N) is 1. The van der Waals surface area contributed by atoms with Gasteiger partial charge >= 0.3 is 0 Å². The molecule has 3 nitrogen and oxygen atoms in total. The van der Waals surface area contributed by atoms with Crippen molar-refractivity contribution in [3.63, 3.8) is 0 Å². The first-order chi connectivity index (χ1) is 8.81. The molecule has 3 heteroatoms. The van der Waals surface area contributed by atoms with E-state index in [4.69, 9.17) is 0 Å². The summed E-state index contributed by atoms with van der Waals surface area (Å²) in [6.45, 7) is 3.01. The molecule has 0 bridgehead atoms. The van der Waals surface area contributed by atoms with Crippen molar-refractivity contribution >= 4 is 0 Å². The lowest BCUT2D eigenvalue weighted by molar-refractivity contribution is 0.287. The van der Waals surface area contributed by atoms with Crippen LogP contribution < -0.4 is 5.32 Å². The molecule has 1 heterocycles. The summed E-state index contributed by atoms with van der Waals surface area (Å²) in [4.78, 5) is 7.33. The molecular formula is C15H19N3. The second kappa shape index (κ2) is 4.94. The van der Waals surface area contributed by atoms with E-state index in [9.17, 15) is 0 Å². The molecule has 1 aromatic heterocycles. The van der Waals surface area contributed by atoms with Crippen LogP contribution in [0.5, 0.6) is 0 Å². The van der Waals surface area contributed by atoms with Gasteiger partial charge < -0.3 is 10.3 Å². The van der Waals surface area contributed by atoms with Gasteiger partial charge in [0, 0.05) is 18.4 Å². The average Bonchev–Trinajstić information content (AvgIpc) is 2.80. The molecule has 1 saturated carbocycles. The van der Waals surface area contributed by atoms with Crippen LogP contribution in [0.3, 0.4) is 0 Å². The zero-order chi connectivity index (χ0) is 12.4. The van der Waals surface area contributed by atoms with E-state index >= 15 is 0 Å². The molecule has 94 valence electrons. The third-order valence-electron chi connectivity index (χ3n) is 3.76. The van der Waals surface area contributed by atoms with Crippen LogP contribution in [0.2, 0.25) is 0 Å². The molecule has 1 aliphatic carbocycles. The molecule has 0 spiro atoms. The number of rotatable bonds is 4. The van der Waals surface area contributed by atoms with Crippen molar-refractivity contribution in [2.24, 2.45) is 0 Å². The van der Waals surface area contributed by atoms with Crippen molar-refractivity contribution in [2.45, 2.75) is 38.3 Å². The lowest BCUT2D eigenvalue weighted by Crippen LogP contribution is -2.39. The summed E-state index contributed by atoms with van der Waals surface area (Å²) in [5, 5.41) is 3.54. The van der Waals surface area contributed by atoms with Gasteiger partial charge in [0.25, 0.3) is 0 Å². The number of benzene rings is 1. The van der Waals surface area contributed by atoms with Crippen LogP contribution in [-0.2, 0) is 6.54 Å².